The average molecular weight is 764 g/mol. The van der Waals surface area contributed by atoms with E-state index in [1.54, 1.807) is 0 Å². The summed E-state index contributed by atoms with van der Waals surface area (Å²) in [4.78, 5) is 2.34. The van der Waals surface area contributed by atoms with Gasteiger partial charge in [0.25, 0.3) is 0 Å². The van der Waals surface area contributed by atoms with Gasteiger partial charge in [0.05, 0.1) is 0 Å². The number of benzene rings is 11. The highest BCUT2D eigenvalue weighted by atomic mass is 16.3. The van der Waals surface area contributed by atoms with Gasteiger partial charge in [-0.25, -0.2) is 0 Å². The molecule has 0 radical (unpaired) electrons. The highest BCUT2D eigenvalue weighted by Crippen LogP contribution is 2.43. The summed E-state index contributed by atoms with van der Waals surface area (Å²) in [5.41, 5.74) is 12.1. The second-order valence-electron chi connectivity index (χ2n) is 15.7. The molecule has 0 saturated heterocycles. The first-order valence-electron chi connectivity index (χ1n) is 20.6. The van der Waals surface area contributed by atoms with Crippen LogP contribution in [0.2, 0.25) is 0 Å². The molecule has 0 aliphatic carbocycles. The number of hydrogen-bond donors (Lipinski definition) is 0. The Morgan fingerprint density at radius 2 is 0.767 bits per heavy atom. The van der Waals surface area contributed by atoms with Crippen molar-refractivity contribution in [1.29, 1.82) is 0 Å². The highest BCUT2D eigenvalue weighted by Gasteiger charge is 2.18. The Labute approximate surface area is 347 Å². The van der Waals surface area contributed by atoms with Crippen LogP contribution < -0.4 is 4.90 Å². The van der Waals surface area contributed by atoms with Crippen LogP contribution in [-0.2, 0) is 0 Å². The number of rotatable bonds is 6. The van der Waals surface area contributed by atoms with Crippen LogP contribution in [-0.4, -0.2) is 0 Å². The Morgan fingerprint density at radius 3 is 1.52 bits per heavy atom. The Kier molecular flexibility index (Phi) is 7.89. The van der Waals surface area contributed by atoms with E-state index in [1.165, 1.54) is 70.9 Å². The van der Waals surface area contributed by atoms with E-state index in [0.717, 1.165) is 44.6 Å². The molecule has 12 rings (SSSR count). The minimum atomic E-state index is 0.864. The molecule has 1 aromatic heterocycles. The van der Waals surface area contributed by atoms with Gasteiger partial charge in [-0.2, -0.15) is 0 Å². The molecular formula is C58H37NO. The maximum atomic E-state index is 6.60. The molecule has 11 aromatic carbocycles. The van der Waals surface area contributed by atoms with Crippen LogP contribution in [0.15, 0.2) is 229 Å². The lowest BCUT2D eigenvalue weighted by atomic mass is 9.89. The predicted molar refractivity (Wildman–Crippen MR) is 255 cm³/mol. The van der Waals surface area contributed by atoms with Gasteiger partial charge in [-0.15, -0.1) is 0 Å². The molecule has 1 heterocycles. The molecule has 12 aromatic rings. The van der Waals surface area contributed by atoms with E-state index in [9.17, 15) is 0 Å². The van der Waals surface area contributed by atoms with E-state index in [1.807, 2.05) is 0 Å². The number of anilines is 3. The summed E-state index contributed by atoms with van der Waals surface area (Å²) in [5, 5.41) is 12.2. The lowest BCUT2D eigenvalue weighted by molar-refractivity contribution is 0.669. The lowest BCUT2D eigenvalue weighted by Gasteiger charge is -2.26. The van der Waals surface area contributed by atoms with E-state index in [2.05, 4.69) is 229 Å². The van der Waals surface area contributed by atoms with Crippen molar-refractivity contribution >= 4 is 82.1 Å². The Hall–Kier alpha value is -7.94. The minimum absolute atomic E-state index is 0.864. The van der Waals surface area contributed by atoms with Crippen molar-refractivity contribution in [3.05, 3.63) is 224 Å². The van der Waals surface area contributed by atoms with E-state index in [4.69, 9.17) is 4.42 Å². The molecule has 0 aliphatic rings. The van der Waals surface area contributed by atoms with E-state index in [0.29, 0.717) is 0 Å². The topological polar surface area (TPSA) is 16.4 Å². The van der Waals surface area contributed by atoms with Gasteiger partial charge in [0.15, 0.2) is 0 Å². The lowest BCUT2D eigenvalue weighted by Crippen LogP contribution is -2.09. The Bertz CT molecular complexity index is 3590. The van der Waals surface area contributed by atoms with Crippen molar-refractivity contribution in [2.24, 2.45) is 0 Å². The summed E-state index contributed by atoms with van der Waals surface area (Å²) in [6, 6.07) is 81.3. The molecule has 0 aliphatic heterocycles. The monoisotopic (exact) mass is 763 g/mol. The van der Waals surface area contributed by atoms with Gasteiger partial charge in [-0.05, 0) is 131 Å². The van der Waals surface area contributed by atoms with Crippen molar-refractivity contribution in [2.45, 2.75) is 0 Å². The van der Waals surface area contributed by atoms with Crippen LogP contribution in [0.4, 0.5) is 17.1 Å². The molecular weight excluding hydrogens is 727 g/mol. The zero-order chi connectivity index (χ0) is 39.6. The Morgan fingerprint density at radius 1 is 0.250 bits per heavy atom. The third-order valence-corrected chi connectivity index (χ3v) is 12.2. The number of nitrogens with zero attached hydrogens (tertiary/aromatic N) is 1. The van der Waals surface area contributed by atoms with Crippen molar-refractivity contribution in [3.63, 3.8) is 0 Å². The smallest absolute Gasteiger partial charge is 0.137 e. The number of fused-ring (bicyclic) bond motifs is 8. The molecule has 60 heavy (non-hydrogen) atoms. The van der Waals surface area contributed by atoms with Crippen molar-refractivity contribution in [1.82, 2.24) is 0 Å². The summed E-state index contributed by atoms with van der Waals surface area (Å²) in [6.45, 7) is 0. The first-order valence-corrected chi connectivity index (χ1v) is 20.6. The van der Waals surface area contributed by atoms with Crippen LogP contribution in [0.5, 0.6) is 0 Å². The van der Waals surface area contributed by atoms with Gasteiger partial charge in [0.2, 0.25) is 0 Å². The molecule has 0 bridgehead atoms. The first kappa shape index (κ1) is 34.1. The fraction of sp³-hybridized carbons (Fsp3) is 0. The number of hydrogen-bond acceptors (Lipinski definition) is 2. The van der Waals surface area contributed by atoms with Crippen LogP contribution >= 0.6 is 0 Å². The van der Waals surface area contributed by atoms with Crippen LogP contribution in [0, 0.1) is 0 Å². The molecule has 0 amide bonds. The molecule has 0 fully saturated rings. The molecule has 0 saturated carbocycles. The fourth-order valence-corrected chi connectivity index (χ4v) is 9.34. The molecule has 0 atom stereocenters. The largest absolute Gasteiger partial charge is 0.456 e. The molecule has 0 N–H and O–H groups in total. The molecule has 0 spiro atoms. The fourth-order valence-electron chi connectivity index (χ4n) is 9.34. The summed E-state index contributed by atoms with van der Waals surface area (Å²) >= 11 is 0. The van der Waals surface area contributed by atoms with Crippen molar-refractivity contribution in [3.8, 4) is 33.4 Å². The Balaban J connectivity index is 0.985. The quantitative estimate of drug-likeness (QED) is 0.157. The zero-order valence-corrected chi connectivity index (χ0v) is 32.7. The average Bonchev–Trinajstić information content (AvgIpc) is 3.67. The van der Waals surface area contributed by atoms with Gasteiger partial charge in [-0.3, -0.25) is 0 Å². The van der Waals surface area contributed by atoms with Gasteiger partial charge >= 0.3 is 0 Å². The van der Waals surface area contributed by atoms with Crippen molar-refractivity contribution < 1.29 is 4.42 Å². The summed E-state index contributed by atoms with van der Waals surface area (Å²) in [6.07, 6.45) is 0. The highest BCUT2D eigenvalue weighted by molar-refractivity contribution is 6.15. The van der Waals surface area contributed by atoms with Crippen LogP contribution in [0.3, 0.4) is 0 Å². The summed E-state index contributed by atoms with van der Waals surface area (Å²) in [5.74, 6) is 0. The summed E-state index contributed by atoms with van der Waals surface area (Å²) in [7, 11) is 0. The third-order valence-electron chi connectivity index (χ3n) is 12.2. The first-order chi connectivity index (χ1) is 29.7. The van der Waals surface area contributed by atoms with Crippen LogP contribution in [0.1, 0.15) is 0 Å². The molecule has 2 heteroatoms. The van der Waals surface area contributed by atoms with Gasteiger partial charge < -0.3 is 9.32 Å². The zero-order valence-electron chi connectivity index (χ0n) is 32.7. The normalized spacial score (nSPS) is 11.7. The van der Waals surface area contributed by atoms with Crippen molar-refractivity contribution in [2.75, 3.05) is 4.90 Å². The maximum Gasteiger partial charge on any atom is 0.137 e. The summed E-state index contributed by atoms with van der Waals surface area (Å²) < 4.78 is 6.60. The maximum absolute atomic E-state index is 6.60. The third kappa shape index (κ3) is 5.65. The SMILES string of the molecule is c1ccc(-c2cc3ccccc3c3ccccc23)c(-c2ccc(N(c3ccc(-c4cccc5ccccc45)cc3)c3ccc4c(c3)oc3cc5ccccc5cc34)cc2)c1. The number of furan rings is 1. The van der Waals surface area contributed by atoms with Gasteiger partial charge in [0, 0.05) is 33.9 Å². The van der Waals surface area contributed by atoms with Crippen LogP contribution in [0.25, 0.3) is 98.4 Å². The predicted octanol–water partition coefficient (Wildman–Crippen LogP) is 16.7. The minimum Gasteiger partial charge on any atom is -0.456 e. The van der Waals surface area contributed by atoms with Gasteiger partial charge in [0.1, 0.15) is 11.2 Å². The molecule has 2 nitrogen and oxygen atoms in total. The molecule has 0 unspecified atom stereocenters. The van der Waals surface area contributed by atoms with E-state index < -0.39 is 0 Å². The second-order valence-corrected chi connectivity index (χ2v) is 15.7. The second kappa shape index (κ2) is 13.9. The van der Waals surface area contributed by atoms with E-state index in [-0.39, 0.29) is 0 Å². The van der Waals surface area contributed by atoms with E-state index >= 15 is 0 Å². The molecule has 280 valence electrons. The standard InChI is InChI=1S/C58H37NO/c1-2-14-42-36-57-56(34-41(42)13-1)54-33-32-46(37-58(54)60-57)59(44-28-24-39(25-29-44)48-23-11-16-38-12-3-5-17-47(38)48)45-30-26-40(27-31-45)49-18-7-8-21-52(49)55-35-43-15-4-6-19-50(43)51-20-9-10-22-53(51)55/h1-37H. The van der Waals surface area contributed by atoms with Gasteiger partial charge in [-0.1, -0.05) is 164 Å².